The molecule has 3 saturated heterocycles. The largest absolute Gasteiger partial charge is 0.481 e. The van der Waals surface area contributed by atoms with E-state index in [1.807, 2.05) is 20.8 Å². The van der Waals surface area contributed by atoms with Crippen molar-refractivity contribution in [1.29, 1.82) is 0 Å². The maximum absolute atomic E-state index is 13.7. The van der Waals surface area contributed by atoms with Gasteiger partial charge in [-0.05, 0) is 97.2 Å². The molecule has 6 heterocycles. The third-order valence-electron chi connectivity index (χ3n) is 13.9. The summed E-state index contributed by atoms with van der Waals surface area (Å²) < 4.78 is 39.6. The molecule has 3 aromatic carbocycles. The van der Waals surface area contributed by atoms with E-state index in [1.54, 1.807) is 45.0 Å². The minimum absolute atomic E-state index is 0. The van der Waals surface area contributed by atoms with Gasteiger partial charge in [0.25, 0.3) is 35.4 Å². The van der Waals surface area contributed by atoms with Crippen molar-refractivity contribution >= 4 is 100 Å². The van der Waals surface area contributed by atoms with Crippen molar-refractivity contribution in [2.45, 2.75) is 136 Å². The zero-order valence-electron chi connectivity index (χ0n) is 52.1. The van der Waals surface area contributed by atoms with E-state index in [0.29, 0.717) is 44.2 Å². The normalized spacial score (nSPS) is 18.2. The van der Waals surface area contributed by atoms with Crippen molar-refractivity contribution in [2.75, 3.05) is 69.9 Å². The Bertz CT molecular complexity index is 3450. The van der Waals surface area contributed by atoms with Gasteiger partial charge in [0.1, 0.15) is 35.1 Å². The lowest BCUT2D eigenvalue weighted by molar-refractivity contribution is -0.157. The Kier molecular flexibility index (Phi) is 26.9. The molecule has 30 nitrogen and oxygen atoms in total. The van der Waals surface area contributed by atoms with Crippen molar-refractivity contribution in [3.63, 3.8) is 0 Å². The van der Waals surface area contributed by atoms with Gasteiger partial charge < -0.3 is 45.2 Å². The maximum Gasteiger partial charge on any atom is 0.308 e. The lowest BCUT2D eigenvalue weighted by atomic mass is 10.0. The highest BCUT2D eigenvalue weighted by atomic mass is 19.1. The summed E-state index contributed by atoms with van der Waals surface area (Å²) >= 11 is 0. The molecule has 0 aliphatic carbocycles. The summed E-state index contributed by atoms with van der Waals surface area (Å²) in [5.41, 5.74) is 5.50. The van der Waals surface area contributed by atoms with Gasteiger partial charge in [0.15, 0.2) is 0 Å². The molecule has 3 unspecified atom stereocenters. The van der Waals surface area contributed by atoms with Gasteiger partial charge in [-0.25, -0.2) is 4.39 Å². The summed E-state index contributed by atoms with van der Waals surface area (Å²) in [6.07, 6.45) is 0.723. The minimum Gasteiger partial charge on any atom is -0.481 e. The van der Waals surface area contributed by atoms with Crippen LogP contribution in [0, 0.1) is 5.82 Å². The second-order valence-electron chi connectivity index (χ2n) is 23.3. The van der Waals surface area contributed by atoms with Gasteiger partial charge in [0, 0.05) is 50.3 Å². The van der Waals surface area contributed by atoms with Gasteiger partial charge >= 0.3 is 17.9 Å². The van der Waals surface area contributed by atoms with Crippen molar-refractivity contribution in [1.82, 2.24) is 30.7 Å². The zero-order chi connectivity index (χ0) is 68.5. The number of esters is 2. The molecule has 8 N–H and O–H groups in total. The molecule has 3 fully saturated rings. The number of amides is 12. The van der Waals surface area contributed by atoms with Crippen LogP contribution < -0.4 is 32.3 Å². The van der Waals surface area contributed by atoms with Gasteiger partial charge in [-0.15, -0.1) is 0 Å². The Balaban J connectivity index is 0.000000237. The first kappa shape index (κ1) is 75.0. The van der Waals surface area contributed by atoms with Crippen LogP contribution in [-0.4, -0.2) is 197 Å². The molecule has 0 radical (unpaired) electrons. The van der Waals surface area contributed by atoms with Crippen LogP contribution in [0.5, 0.6) is 0 Å². The van der Waals surface area contributed by atoms with Gasteiger partial charge in [-0.3, -0.25) is 103 Å². The number of rotatable bonds is 22. The molecule has 94 heavy (non-hydrogen) atoms. The van der Waals surface area contributed by atoms with Gasteiger partial charge in [0.05, 0.1) is 92.3 Å². The van der Waals surface area contributed by atoms with Crippen LogP contribution >= 0.6 is 0 Å². The summed E-state index contributed by atoms with van der Waals surface area (Å²) in [4.78, 5) is 181. The van der Waals surface area contributed by atoms with Crippen LogP contribution in [0.1, 0.15) is 169 Å². The van der Waals surface area contributed by atoms with E-state index in [4.69, 9.17) is 34.5 Å². The molecule has 6 aliphatic heterocycles. The van der Waals surface area contributed by atoms with E-state index in [1.165, 1.54) is 24.3 Å². The van der Waals surface area contributed by atoms with Crippen molar-refractivity contribution in [2.24, 2.45) is 5.73 Å². The van der Waals surface area contributed by atoms with E-state index < -0.39 is 112 Å². The standard InChI is InChI=1S/C22H27N3O7.C18H19N3O7.C13H9FN2O4.C9H19NO3.CH4/c1-22(2,3)32-17(27)9-11-31-12-10-23-14-6-4-5-13-18(14)21(30)25(20(13)29)15-7-8-16(26)24-19(15)28;22-13-5-4-12(16(25)20-13)21-17(26)10-2-1-3-11(15(10)18(21)27)19-7-9-28-8-6-14(23)24;14-7-3-1-2-6-10(7)13(20)16(12(6)19)8-4-5-9(17)15-11(8)18;1-9(2,3)13-8(11)4-6-12-7-5-10;/h4-6,15,23H,7-12H2,1-3H3,(H,24,26,28);1-3,12,19H,4-9H2,(H,23,24)(H,20,22,25);1-3,8H,4-5H2,(H,15,17,18);4-7,10H2,1-3H3;1H4. The number of hydrogen-bond acceptors (Lipinski definition) is 23. The summed E-state index contributed by atoms with van der Waals surface area (Å²) in [5, 5.41) is 21.0. The van der Waals surface area contributed by atoms with Crippen molar-refractivity contribution in [3.05, 3.63) is 93.8 Å². The number of nitrogens with one attached hydrogen (secondary N) is 5. The first-order valence-electron chi connectivity index (χ1n) is 29.7. The predicted octanol–water partition coefficient (Wildman–Crippen LogP) is 2.80. The van der Waals surface area contributed by atoms with E-state index >= 15 is 0 Å². The molecule has 3 atom stereocenters. The highest BCUT2D eigenvalue weighted by Gasteiger charge is 2.48. The number of halogens is 1. The number of nitrogens with two attached hydrogens (primary N) is 1. The summed E-state index contributed by atoms with van der Waals surface area (Å²) in [6, 6.07) is 10.2. The highest BCUT2D eigenvalue weighted by Crippen LogP contribution is 2.35. The number of carboxylic acids is 1. The molecule has 6 aliphatic rings. The number of hydrogen-bond donors (Lipinski definition) is 7. The summed E-state index contributed by atoms with van der Waals surface area (Å²) in [5.74, 6) is -9.49. The Morgan fingerprint density at radius 3 is 1.16 bits per heavy atom. The fourth-order valence-electron chi connectivity index (χ4n) is 9.96. The number of anilines is 2. The Morgan fingerprint density at radius 2 is 0.830 bits per heavy atom. The third-order valence-corrected chi connectivity index (χ3v) is 13.9. The number of ether oxygens (including phenoxy) is 5. The number of carboxylic acid groups (broad SMARTS) is 1. The van der Waals surface area contributed by atoms with Crippen LogP contribution in [0.3, 0.4) is 0 Å². The van der Waals surface area contributed by atoms with E-state index in [-0.39, 0.29) is 137 Å². The smallest absolute Gasteiger partial charge is 0.308 e. The highest BCUT2D eigenvalue weighted by molar-refractivity contribution is 6.27. The Hall–Kier alpha value is -9.72. The topological polar surface area (TPSA) is 418 Å². The first-order chi connectivity index (χ1) is 43.9. The molecular formula is C63H78FN9O21. The minimum atomic E-state index is -1.07. The van der Waals surface area contributed by atoms with Crippen LogP contribution in [0.2, 0.25) is 0 Å². The molecule has 508 valence electrons. The third kappa shape index (κ3) is 19.9. The van der Waals surface area contributed by atoms with Crippen LogP contribution in [0.25, 0.3) is 0 Å². The van der Waals surface area contributed by atoms with Crippen LogP contribution in [0.4, 0.5) is 15.8 Å². The number of carbonyl (C=O) groups is 15. The van der Waals surface area contributed by atoms with Crippen LogP contribution in [-0.2, 0) is 66.8 Å². The quantitative estimate of drug-likeness (QED) is 0.0432. The molecule has 31 heteroatoms. The van der Waals surface area contributed by atoms with Crippen molar-refractivity contribution in [3.8, 4) is 0 Å². The molecule has 12 amide bonds. The first-order valence-corrected chi connectivity index (χ1v) is 29.7. The second-order valence-corrected chi connectivity index (χ2v) is 23.3. The van der Waals surface area contributed by atoms with Crippen molar-refractivity contribution < 1.29 is 105 Å². The van der Waals surface area contributed by atoms with Gasteiger partial charge in [-0.2, -0.15) is 0 Å². The number of benzene rings is 3. The fraction of sp³-hybridized carbons (Fsp3) is 0.476. The summed E-state index contributed by atoms with van der Waals surface area (Å²) in [6.45, 7) is 13.6. The molecule has 0 spiro atoms. The molecule has 0 bridgehead atoms. The van der Waals surface area contributed by atoms with E-state index in [2.05, 4.69) is 26.6 Å². The molecule has 0 saturated carbocycles. The molecule has 3 aromatic rings. The predicted molar refractivity (Wildman–Crippen MR) is 328 cm³/mol. The number of nitrogens with zero attached hydrogens (tertiary/aromatic N) is 3. The maximum atomic E-state index is 13.7. The van der Waals surface area contributed by atoms with Gasteiger partial charge in [0.2, 0.25) is 35.4 Å². The zero-order valence-corrected chi connectivity index (χ0v) is 52.1. The number of carbonyl (C=O) groups excluding carboxylic acids is 14. The molecule has 9 rings (SSSR count). The lowest BCUT2D eigenvalue weighted by Gasteiger charge is -2.27. The summed E-state index contributed by atoms with van der Waals surface area (Å²) in [7, 11) is 0. The number of imide groups is 6. The second kappa shape index (κ2) is 33.7. The van der Waals surface area contributed by atoms with Gasteiger partial charge in [-0.1, -0.05) is 25.6 Å². The number of piperidine rings is 3. The average molecular weight is 1320 g/mol. The average Bonchev–Trinajstić information content (AvgIpc) is 1.63. The molecule has 0 aromatic heterocycles. The Labute approximate surface area is 539 Å². The SMILES string of the molecule is C.CC(C)(C)OC(=O)CCOCCN.CC(C)(C)OC(=O)CCOCCNc1cccc2c1C(=O)N(C1CCC(=O)NC1=O)C2=O.O=C(O)CCOCCNc1cccc2c1C(=O)N(C1CCC(=O)NC1=O)C2=O.O=C1CCC(N2C(=O)c3cccc(F)c3C2=O)C(=O)N1. The van der Waals surface area contributed by atoms with E-state index in [0.717, 1.165) is 20.8 Å². The lowest BCUT2D eigenvalue weighted by Crippen LogP contribution is -2.54. The monoisotopic (exact) mass is 1320 g/mol. The number of aliphatic carboxylic acids is 1. The van der Waals surface area contributed by atoms with Crippen LogP contribution in [0.15, 0.2) is 54.6 Å². The molecular weight excluding hydrogens is 1240 g/mol. The fourth-order valence-corrected chi connectivity index (χ4v) is 9.96. The Morgan fingerprint density at radius 1 is 0.500 bits per heavy atom. The number of fused-ring (bicyclic) bond motifs is 3. The van der Waals surface area contributed by atoms with E-state index in [9.17, 15) is 76.3 Å².